The Kier molecular flexibility index (Phi) is 6.12. The van der Waals surface area contributed by atoms with Gasteiger partial charge in [0.05, 0.1) is 5.69 Å². The van der Waals surface area contributed by atoms with E-state index in [1.165, 1.54) is 7.05 Å². The third-order valence-corrected chi connectivity index (χ3v) is 4.43. The molecule has 24 heavy (non-hydrogen) atoms. The molecule has 1 unspecified atom stereocenters. The van der Waals surface area contributed by atoms with Gasteiger partial charge < -0.3 is 5.32 Å². The van der Waals surface area contributed by atoms with E-state index in [9.17, 15) is 9.18 Å². The number of hydrogen-bond donors (Lipinski definition) is 1. The first-order chi connectivity index (χ1) is 11.5. The van der Waals surface area contributed by atoms with Crippen molar-refractivity contribution in [2.24, 2.45) is 7.05 Å². The first-order valence-electron chi connectivity index (χ1n) is 8.58. The van der Waals surface area contributed by atoms with E-state index in [1.807, 2.05) is 24.3 Å². The summed E-state index contributed by atoms with van der Waals surface area (Å²) in [5.74, 6) is -0.669. The van der Waals surface area contributed by atoms with Crippen LogP contribution in [-0.4, -0.2) is 15.7 Å². The molecule has 0 aliphatic heterocycles. The maximum atomic E-state index is 14.1. The molecule has 0 aliphatic rings. The number of para-hydroxylation sites is 1. The fourth-order valence-electron chi connectivity index (χ4n) is 3.07. The first kappa shape index (κ1) is 18.2. The van der Waals surface area contributed by atoms with Crippen LogP contribution in [0.15, 0.2) is 24.3 Å². The molecule has 2 aromatic rings. The van der Waals surface area contributed by atoms with Crippen molar-refractivity contribution in [3.8, 4) is 0 Å². The van der Waals surface area contributed by atoms with Gasteiger partial charge in [-0.1, -0.05) is 44.9 Å². The lowest BCUT2D eigenvalue weighted by Crippen LogP contribution is -2.16. The van der Waals surface area contributed by atoms with Gasteiger partial charge >= 0.3 is 0 Å². The average Bonchev–Trinajstić information content (AvgIpc) is 2.82. The summed E-state index contributed by atoms with van der Waals surface area (Å²) in [7, 11) is 1.49. The van der Waals surface area contributed by atoms with Crippen LogP contribution in [0.2, 0.25) is 0 Å². The van der Waals surface area contributed by atoms with Crippen LogP contribution in [0.3, 0.4) is 0 Å². The van der Waals surface area contributed by atoms with E-state index in [2.05, 4.69) is 24.3 Å². The lowest BCUT2D eigenvalue weighted by molar-refractivity contribution is 0.102. The van der Waals surface area contributed by atoms with Crippen LogP contribution in [-0.2, 0) is 7.05 Å². The Labute approximate surface area is 143 Å². The molecule has 1 heterocycles. The minimum Gasteiger partial charge on any atom is -0.322 e. The summed E-state index contributed by atoms with van der Waals surface area (Å²) in [5, 5.41) is 6.85. The second kappa shape index (κ2) is 8.08. The summed E-state index contributed by atoms with van der Waals surface area (Å²) in [6, 6.07) is 7.80. The van der Waals surface area contributed by atoms with Gasteiger partial charge in [0, 0.05) is 12.7 Å². The number of anilines is 1. The molecule has 130 valence electrons. The number of halogens is 1. The van der Waals surface area contributed by atoms with Crippen molar-refractivity contribution in [3.63, 3.8) is 0 Å². The maximum absolute atomic E-state index is 14.1. The summed E-state index contributed by atoms with van der Waals surface area (Å²) in [4.78, 5) is 12.5. The molecule has 0 saturated heterocycles. The average molecular weight is 331 g/mol. The van der Waals surface area contributed by atoms with Crippen molar-refractivity contribution in [2.75, 3.05) is 5.32 Å². The van der Waals surface area contributed by atoms with Crippen LogP contribution in [0, 0.1) is 12.9 Å². The van der Waals surface area contributed by atoms with E-state index < -0.39 is 11.9 Å². The zero-order valence-electron chi connectivity index (χ0n) is 14.9. The van der Waals surface area contributed by atoms with Gasteiger partial charge in [-0.25, -0.2) is 4.68 Å². The zero-order valence-corrected chi connectivity index (χ0v) is 14.9. The predicted octanol–water partition coefficient (Wildman–Crippen LogP) is 4.80. The quantitative estimate of drug-likeness (QED) is 0.792. The molecule has 1 atom stereocenters. The van der Waals surface area contributed by atoms with E-state index in [-0.39, 0.29) is 5.56 Å². The molecule has 0 radical (unpaired) electrons. The SMILES string of the molecule is CCCCC(CC)c1ccccc1NC(=O)c1c(C)nn(C)c1F. The number of hydrogen-bond acceptors (Lipinski definition) is 2. The molecule has 1 N–H and O–H groups in total. The number of rotatable bonds is 7. The van der Waals surface area contributed by atoms with Gasteiger partial charge in [0.15, 0.2) is 0 Å². The van der Waals surface area contributed by atoms with Gasteiger partial charge in [0.25, 0.3) is 5.91 Å². The van der Waals surface area contributed by atoms with Crippen LogP contribution < -0.4 is 5.32 Å². The van der Waals surface area contributed by atoms with Gasteiger partial charge in [-0.2, -0.15) is 9.49 Å². The highest BCUT2D eigenvalue weighted by Crippen LogP contribution is 2.31. The van der Waals surface area contributed by atoms with Crippen LogP contribution in [0.1, 0.15) is 67.1 Å². The molecule has 0 aliphatic carbocycles. The molecule has 1 aromatic carbocycles. The highest BCUT2D eigenvalue weighted by atomic mass is 19.1. The number of nitrogens with one attached hydrogen (secondary N) is 1. The Bertz CT molecular complexity index is 709. The smallest absolute Gasteiger partial charge is 0.262 e. The van der Waals surface area contributed by atoms with E-state index in [0.29, 0.717) is 11.6 Å². The van der Waals surface area contributed by atoms with Gasteiger partial charge in [0.2, 0.25) is 5.95 Å². The number of unbranched alkanes of at least 4 members (excludes halogenated alkanes) is 1. The molecule has 0 saturated carbocycles. The van der Waals surface area contributed by atoms with Crippen molar-refractivity contribution in [2.45, 2.75) is 52.4 Å². The summed E-state index contributed by atoms with van der Waals surface area (Å²) >= 11 is 0. The third-order valence-electron chi connectivity index (χ3n) is 4.43. The monoisotopic (exact) mass is 331 g/mol. The summed E-state index contributed by atoms with van der Waals surface area (Å²) in [5.41, 5.74) is 2.27. The Morgan fingerprint density at radius 2 is 2.04 bits per heavy atom. The van der Waals surface area contributed by atoms with Crippen molar-refractivity contribution in [1.82, 2.24) is 9.78 Å². The van der Waals surface area contributed by atoms with Crippen molar-refractivity contribution in [1.29, 1.82) is 0 Å². The predicted molar refractivity (Wildman–Crippen MR) is 94.9 cm³/mol. The number of carbonyl (C=O) groups is 1. The molecule has 0 bridgehead atoms. The van der Waals surface area contributed by atoms with Crippen LogP contribution in [0.5, 0.6) is 0 Å². The lowest BCUT2D eigenvalue weighted by Gasteiger charge is -2.19. The normalized spacial score (nSPS) is 12.2. The number of amides is 1. The number of nitrogens with zero attached hydrogens (tertiary/aromatic N) is 2. The fraction of sp³-hybridized carbons (Fsp3) is 0.474. The first-order valence-corrected chi connectivity index (χ1v) is 8.58. The van der Waals surface area contributed by atoms with Crippen LogP contribution >= 0.6 is 0 Å². The molecule has 2 rings (SSSR count). The van der Waals surface area contributed by atoms with E-state index >= 15 is 0 Å². The number of aryl methyl sites for hydroxylation is 2. The largest absolute Gasteiger partial charge is 0.322 e. The van der Waals surface area contributed by atoms with Gasteiger partial charge in [0.1, 0.15) is 5.56 Å². The number of aromatic nitrogens is 2. The lowest BCUT2D eigenvalue weighted by atomic mass is 9.90. The number of carbonyl (C=O) groups excluding carboxylic acids is 1. The molecule has 1 aromatic heterocycles. The standard InChI is InChI=1S/C19H26FN3O/c1-5-7-10-14(6-2)15-11-8-9-12-16(15)21-19(24)17-13(3)22-23(4)18(17)20/h8-9,11-12,14H,5-7,10H2,1-4H3,(H,21,24). The Balaban J connectivity index is 2.28. The molecule has 0 spiro atoms. The van der Waals surface area contributed by atoms with Gasteiger partial charge in [-0.05, 0) is 37.3 Å². The summed E-state index contributed by atoms with van der Waals surface area (Å²) < 4.78 is 15.2. The van der Waals surface area contributed by atoms with Crippen molar-refractivity contribution in [3.05, 3.63) is 47.0 Å². The Morgan fingerprint density at radius 3 is 2.62 bits per heavy atom. The molecule has 4 nitrogen and oxygen atoms in total. The Hall–Kier alpha value is -2.17. The second-order valence-corrected chi connectivity index (χ2v) is 6.16. The van der Waals surface area contributed by atoms with Crippen molar-refractivity contribution < 1.29 is 9.18 Å². The highest BCUT2D eigenvalue weighted by Gasteiger charge is 2.22. The van der Waals surface area contributed by atoms with Crippen LogP contribution in [0.4, 0.5) is 10.1 Å². The number of benzene rings is 1. The molecule has 0 fully saturated rings. The van der Waals surface area contributed by atoms with E-state index in [0.717, 1.165) is 41.6 Å². The maximum Gasteiger partial charge on any atom is 0.262 e. The molecular formula is C19H26FN3O. The van der Waals surface area contributed by atoms with Gasteiger partial charge in [-0.3, -0.25) is 4.79 Å². The zero-order chi connectivity index (χ0) is 17.7. The highest BCUT2D eigenvalue weighted by molar-refractivity contribution is 6.05. The van der Waals surface area contributed by atoms with Gasteiger partial charge in [-0.15, -0.1) is 0 Å². The van der Waals surface area contributed by atoms with E-state index in [1.54, 1.807) is 6.92 Å². The third kappa shape index (κ3) is 3.83. The molecule has 1 amide bonds. The Morgan fingerprint density at radius 1 is 1.33 bits per heavy atom. The fourth-order valence-corrected chi connectivity index (χ4v) is 3.07. The van der Waals surface area contributed by atoms with Crippen molar-refractivity contribution >= 4 is 11.6 Å². The minimum atomic E-state index is -0.611. The van der Waals surface area contributed by atoms with E-state index in [4.69, 9.17) is 0 Å². The molecule has 5 heteroatoms. The molecular weight excluding hydrogens is 305 g/mol. The van der Waals surface area contributed by atoms with Crippen LogP contribution in [0.25, 0.3) is 0 Å². The second-order valence-electron chi connectivity index (χ2n) is 6.16. The topological polar surface area (TPSA) is 46.9 Å². The summed E-state index contributed by atoms with van der Waals surface area (Å²) in [6.07, 6.45) is 4.38. The summed E-state index contributed by atoms with van der Waals surface area (Å²) in [6.45, 7) is 5.97. The minimum absolute atomic E-state index is 0.00825.